The molecular formula is C6H9NO2S. The van der Waals surface area contributed by atoms with Gasteiger partial charge in [-0.05, 0) is 0 Å². The Morgan fingerprint density at radius 3 is 3.10 bits per heavy atom. The second kappa shape index (κ2) is 2.13. The van der Waals surface area contributed by atoms with Crippen molar-refractivity contribution in [3.8, 4) is 0 Å². The minimum atomic E-state index is 0.108. The van der Waals surface area contributed by atoms with Crippen molar-refractivity contribution in [3.63, 3.8) is 0 Å². The Labute approximate surface area is 63.4 Å². The molecule has 2 aliphatic rings. The minimum Gasteiger partial charge on any atom is -0.394 e. The zero-order valence-electron chi connectivity index (χ0n) is 5.49. The number of carbonyl (C=O) groups excluding carboxylic acids is 1. The maximum atomic E-state index is 10.9. The van der Waals surface area contributed by atoms with Crippen molar-refractivity contribution >= 4 is 17.7 Å². The number of aliphatic hydroxyl groups excluding tert-OH is 1. The van der Waals surface area contributed by atoms with Gasteiger partial charge < -0.3 is 10.0 Å². The number of aliphatic hydroxyl groups is 1. The molecule has 0 aromatic heterocycles. The second-order valence-electron chi connectivity index (χ2n) is 2.63. The molecule has 2 fully saturated rings. The first-order valence-electron chi connectivity index (χ1n) is 3.36. The molecule has 2 heterocycles. The highest BCUT2D eigenvalue weighted by atomic mass is 32.2. The molecular weight excluding hydrogens is 150 g/mol. The van der Waals surface area contributed by atoms with Crippen LogP contribution in [-0.2, 0) is 4.79 Å². The fourth-order valence-electron chi connectivity index (χ4n) is 1.42. The number of hydrogen-bond acceptors (Lipinski definition) is 3. The van der Waals surface area contributed by atoms with Gasteiger partial charge in [0.25, 0.3) is 0 Å². The Hall–Kier alpha value is -0.220. The summed E-state index contributed by atoms with van der Waals surface area (Å²) in [6.45, 7) is 0.120. The molecule has 1 N–H and O–H groups in total. The van der Waals surface area contributed by atoms with E-state index in [0.717, 1.165) is 5.75 Å². The Kier molecular flexibility index (Phi) is 1.38. The van der Waals surface area contributed by atoms with Gasteiger partial charge in [0.2, 0.25) is 5.91 Å². The highest BCUT2D eigenvalue weighted by molar-refractivity contribution is 8.00. The Morgan fingerprint density at radius 1 is 1.80 bits per heavy atom. The summed E-state index contributed by atoms with van der Waals surface area (Å²) in [7, 11) is 0. The smallest absolute Gasteiger partial charge is 0.226 e. The monoisotopic (exact) mass is 159 g/mol. The van der Waals surface area contributed by atoms with Gasteiger partial charge in [-0.3, -0.25) is 4.79 Å². The predicted octanol–water partition coefficient (Wildman–Crippen LogP) is -0.348. The lowest BCUT2D eigenvalue weighted by molar-refractivity contribution is -0.144. The standard InChI is InChI=1S/C6H9NO2S/c8-2-4-3-10-6-1-5(9)7(4)6/h4,6,8H,1-3H2/t4?,6-/m1/s1. The van der Waals surface area contributed by atoms with E-state index < -0.39 is 0 Å². The van der Waals surface area contributed by atoms with Gasteiger partial charge in [0.05, 0.1) is 24.4 Å². The summed E-state index contributed by atoms with van der Waals surface area (Å²) in [6, 6.07) is 0.108. The summed E-state index contributed by atoms with van der Waals surface area (Å²) in [5.41, 5.74) is 0. The van der Waals surface area contributed by atoms with Crippen LogP contribution < -0.4 is 0 Å². The molecule has 56 valence electrons. The third-order valence-electron chi connectivity index (χ3n) is 2.03. The molecule has 0 bridgehead atoms. The molecule has 10 heavy (non-hydrogen) atoms. The number of thioether (sulfide) groups is 1. The molecule has 1 amide bonds. The van der Waals surface area contributed by atoms with Crippen LogP contribution in [0.25, 0.3) is 0 Å². The van der Waals surface area contributed by atoms with Gasteiger partial charge in [-0.1, -0.05) is 0 Å². The quantitative estimate of drug-likeness (QED) is 0.532. The van der Waals surface area contributed by atoms with Crippen LogP contribution in [0.15, 0.2) is 0 Å². The number of rotatable bonds is 1. The summed E-state index contributed by atoms with van der Waals surface area (Å²) in [5, 5.41) is 9.19. The van der Waals surface area contributed by atoms with Crippen LogP contribution in [0.4, 0.5) is 0 Å². The van der Waals surface area contributed by atoms with Crippen LogP contribution in [-0.4, -0.2) is 39.7 Å². The van der Waals surface area contributed by atoms with Crippen molar-refractivity contribution in [1.82, 2.24) is 4.90 Å². The van der Waals surface area contributed by atoms with Gasteiger partial charge in [0.15, 0.2) is 0 Å². The predicted molar refractivity (Wildman–Crippen MR) is 38.6 cm³/mol. The molecule has 0 spiro atoms. The Morgan fingerprint density at radius 2 is 2.60 bits per heavy atom. The topological polar surface area (TPSA) is 40.5 Å². The highest BCUT2D eigenvalue weighted by Gasteiger charge is 2.45. The van der Waals surface area contributed by atoms with Crippen LogP contribution >= 0.6 is 11.8 Å². The number of β-lactam (4-membered cyclic amide) rings is 1. The largest absolute Gasteiger partial charge is 0.394 e. The first-order valence-corrected chi connectivity index (χ1v) is 4.41. The number of amides is 1. The molecule has 3 nitrogen and oxygen atoms in total. The third kappa shape index (κ3) is 0.689. The molecule has 0 radical (unpaired) electrons. The van der Waals surface area contributed by atoms with E-state index in [0.29, 0.717) is 11.8 Å². The maximum absolute atomic E-state index is 10.9. The zero-order valence-corrected chi connectivity index (χ0v) is 6.30. The second-order valence-corrected chi connectivity index (χ2v) is 3.84. The third-order valence-corrected chi connectivity index (χ3v) is 3.39. The Bertz CT molecular complexity index is 173. The van der Waals surface area contributed by atoms with Crippen molar-refractivity contribution in [3.05, 3.63) is 0 Å². The summed E-state index contributed by atoms with van der Waals surface area (Å²) in [5.74, 6) is 1.11. The van der Waals surface area contributed by atoms with Crippen LogP contribution in [0, 0.1) is 0 Å². The maximum Gasteiger partial charge on any atom is 0.226 e. The lowest BCUT2D eigenvalue weighted by atomic mass is 10.1. The van der Waals surface area contributed by atoms with Gasteiger partial charge in [-0.25, -0.2) is 0 Å². The molecule has 2 aliphatic heterocycles. The lowest BCUT2D eigenvalue weighted by Gasteiger charge is -2.36. The van der Waals surface area contributed by atoms with Gasteiger partial charge in [-0.15, -0.1) is 11.8 Å². The fourth-order valence-corrected chi connectivity index (χ4v) is 2.84. The van der Waals surface area contributed by atoms with Gasteiger partial charge in [0, 0.05) is 5.75 Å². The molecule has 0 aromatic rings. The van der Waals surface area contributed by atoms with Gasteiger partial charge in [-0.2, -0.15) is 0 Å². The summed E-state index contributed by atoms with van der Waals surface area (Å²) in [6.07, 6.45) is 0.682. The fraction of sp³-hybridized carbons (Fsp3) is 0.833. The molecule has 1 unspecified atom stereocenters. The van der Waals surface area contributed by atoms with E-state index in [-0.39, 0.29) is 18.6 Å². The number of hydrogen-bond donors (Lipinski definition) is 1. The summed E-state index contributed by atoms with van der Waals surface area (Å²) in [4.78, 5) is 12.7. The molecule has 2 rings (SSSR count). The molecule has 0 aromatic carbocycles. The average Bonchev–Trinajstić information content (AvgIpc) is 2.25. The van der Waals surface area contributed by atoms with Crippen LogP contribution in [0.1, 0.15) is 6.42 Å². The first kappa shape index (κ1) is 6.49. The highest BCUT2D eigenvalue weighted by Crippen LogP contribution is 2.38. The van der Waals surface area contributed by atoms with Gasteiger partial charge >= 0.3 is 0 Å². The lowest BCUT2D eigenvalue weighted by Crippen LogP contribution is -2.52. The number of nitrogens with zero attached hydrogens (tertiary/aromatic N) is 1. The SMILES string of the molecule is O=C1C[C@H]2SCC(CO)N12. The van der Waals surface area contributed by atoms with Crippen LogP contribution in [0.5, 0.6) is 0 Å². The van der Waals surface area contributed by atoms with E-state index >= 15 is 0 Å². The average molecular weight is 159 g/mol. The number of fused-ring (bicyclic) bond motifs is 1. The number of carbonyl (C=O) groups is 1. The summed E-state index contributed by atoms with van der Waals surface area (Å²) < 4.78 is 0. The van der Waals surface area contributed by atoms with E-state index in [1.54, 1.807) is 16.7 Å². The van der Waals surface area contributed by atoms with E-state index in [1.807, 2.05) is 0 Å². The van der Waals surface area contributed by atoms with E-state index in [1.165, 1.54) is 0 Å². The van der Waals surface area contributed by atoms with Gasteiger partial charge in [0.1, 0.15) is 0 Å². The van der Waals surface area contributed by atoms with Crippen LogP contribution in [0.3, 0.4) is 0 Å². The van der Waals surface area contributed by atoms with Crippen LogP contribution in [0.2, 0.25) is 0 Å². The van der Waals surface area contributed by atoms with Crippen molar-refractivity contribution in [1.29, 1.82) is 0 Å². The molecule has 2 saturated heterocycles. The minimum absolute atomic E-state index is 0.108. The van der Waals surface area contributed by atoms with Crippen molar-refractivity contribution < 1.29 is 9.90 Å². The van der Waals surface area contributed by atoms with E-state index in [2.05, 4.69) is 0 Å². The van der Waals surface area contributed by atoms with Crippen molar-refractivity contribution in [2.75, 3.05) is 12.4 Å². The Balaban J connectivity index is 2.07. The van der Waals surface area contributed by atoms with E-state index in [9.17, 15) is 4.79 Å². The van der Waals surface area contributed by atoms with Crippen molar-refractivity contribution in [2.45, 2.75) is 17.8 Å². The first-order chi connectivity index (χ1) is 4.83. The molecule has 0 saturated carbocycles. The van der Waals surface area contributed by atoms with Crippen molar-refractivity contribution in [2.24, 2.45) is 0 Å². The summed E-state index contributed by atoms with van der Waals surface area (Å²) >= 11 is 1.77. The zero-order chi connectivity index (χ0) is 7.14. The normalized spacial score (nSPS) is 37.7. The molecule has 2 atom stereocenters. The molecule has 0 aliphatic carbocycles. The van der Waals surface area contributed by atoms with E-state index in [4.69, 9.17) is 5.11 Å². The molecule has 4 heteroatoms.